The van der Waals surface area contributed by atoms with Gasteiger partial charge in [0.1, 0.15) is 11.6 Å². The molecule has 1 saturated carbocycles. The first-order chi connectivity index (χ1) is 10.7. The first-order valence-electron chi connectivity index (χ1n) is 7.37. The molecule has 0 spiro atoms. The Morgan fingerprint density at radius 3 is 2.45 bits per heavy atom. The van der Waals surface area contributed by atoms with E-state index in [9.17, 15) is 9.18 Å². The molecule has 3 nitrogen and oxygen atoms in total. The van der Waals surface area contributed by atoms with Crippen molar-refractivity contribution in [3.05, 3.63) is 59.9 Å². The Morgan fingerprint density at radius 2 is 1.82 bits per heavy atom. The predicted octanol–water partition coefficient (Wildman–Crippen LogP) is 3.89. The van der Waals surface area contributed by atoms with Gasteiger partial charge in [0.25, 0.3) is 0 Å². The molecule has 0 bridgehead atoms. The van der Waals surface area contributed by atoms with Crippen LogP contribution in [0.3, 0.4) is 0 Å². The number of ether oxygens (including phenoxy) is 1. The van der Waals surface area contributed by atoms with Gasteiger partial charge in [-0.25, -0.2) is 4.39 Å². The van der Waals surface area contributed by atoms with E-state index in [0.29, 0.717) is 5.75 Å². The van der Waals surface area contributed by atoms with E-state index in [1.54, 1.807) is 25.3 Å². The molecular weight excluding hydrogens is 281 g/mol. The molecule has 0 heterocycles. The summed E-state index contributed by atoms with van der Waals surface area (Å²) in [7, 11) is 1.60. The average molecular weight is 299 g/mol. The number of benzene rings is 2. The van der Waals surface area contributed by atoms with Crippen LogP contribution in [0.1, 0.15) is 24.8 Å². The Balaban J connectivity index is 1.93. The van der Waals surface area contributed by atoms with E-state index in [1.807, 2.05) is 24.3 Å². The Morgan fingerprint density at radius 1 is 1.14 bits per heavy atom. The van der Waals surface area contributed by atoms with Gasteiger partial charge in [-0.3, -0.25) is 4.79 Å². The molecule has 2 aromatic rings. The molecule has 1 N–H and O–H groups in total. The van der Waals surface area contributed by atoms with Crippen LogP contribution in [0.4, 0.5) is 10.1 Å². The summed E-state index contributed by atoms with van der Waals surface area (Å²) < 4.78 is 19.2. The van der Waals surface area contributed by atoms with Crippen LogP contribution in [-0.4, -0.2) is 13.0 Å². The number of methoxy groups -OCH3 is 1. The van der Waals surface area contributed by atoms with Gasteiger partial charge in [0.2, 0.25) is 5.91 Å². The monoisotopic (exact) mass is 299 g/mol. The van der Waals surface area contributed by atoms with E-state index in [2.05, 4.69) is 5.32 Å². The third-order valence-corrected chi connectivity index (χ3v) is 4.39. The first kappa shape index (κ1) is 14.6. The molecule has 0 aliphatic heterocycles. The topological polar surface area (TPSA) is 38.3 Å². The van der Waals surface area contributed by atoms with Gasteiger partial charge in [0.15, 0.2) is 0 Å². The van der Waals surface area contributed by atoms with Gasteiger partial charge in [-0.15, -0.1) is 0 Å². The third kappa shape index (κ3) is 2.34. The van der Waals surface area contributed by atoms with Gasteiger partial charge < -0.3 is 10.1 Å². The molecule has 3 rings (SSSR count). The van der Waals surface area contributed by atoms with Crippen molar-refractivity contribution in [2.24, 2.45) is 0 Å². The average Bonchev–Trinajstić information content (AvgIpc) is 2.49. The summed E-state index contributed by atoms with van der Waals surface area (Å²) in [5, 5.41) is 2.73. The van der Waals surface area contributed by atoms with Crippen molar-refractivity contribution in [2.45, 2.75) is 24.7 Å². The number of rotatable bonds is 4. The smallest absolute Gasteiger partial charge is 0.235 e. The Labute approximate surface area is 129 Å². The van der Waals surface area contributed by atoms with E-state index >= 15 is 0 Å². The van der Waals surface area contributed by atoms with Crippen molar-refractivity contribution in [2.75, 3.05) is 12.4 Å². The molecular formula is C18H18FNO2. The van der Waals surface area contributed by atoms with Crippen molar-refractivity contribution in [3.8, 4) is 5.75 Å². The maximum atomic E-state index is 13.8. The second-order valence-electron chi connectivity index (χ2n) is 5.57. The van der Waals surface area contributed by atoms with Gasteiger partial charge in [0, 0.05) is 5.56 Å². The van der Waals surface area contributed by atoms with E-state index in [1.165, 1.54) is 6.07 Å². The van der Waals surface area contributed by atoms with Crippen molar-refractivity contribution in [3.63, 3.8) is 0 Å². The zero-order valence-electron chi connectivity index (χ0n) is 12.4. The van der Waals surface area contributed by atoms with Crippen molar-refractivity contribution in [1.29, 1.82) is 0 Å². The highest BCUT2D eigenvalue weighted by Gasteiger charge is 2.47. The summed E-state index contributed by atoms with van der Waals surface area (Å²) in [6.45, 7) is 0. The summed E-state index contributed by atoms with van der Waals surface area (Å²) in [6.07, 6.45) is 2.46. The van der Waals surface area contributed by atoms with E-state index in [0.717, 1.165) is 24.8 Å². The number of anilines is 1. The van der Waals surface area contributed by atoms with E-state index < -0.39 is 11.2 Å². The van der Waals surface area contributed by atoms with Crippen LogP contribution in [0, 0.1) is 5.82 Å². The molecule has 1 aliphatic carbocycles. The van der Waals surface area contributed by atoms with Crippen LogP contribution in [0.5, 0.6) is 5.75 Å². The molecule has 22 heavy (non-hydrogen) atoms. The third-order valence-electron chi connectivity index (χ3n) is 4.39. The molecule has 0 aromatic heterocycles. The summed E-state index contributed by atoms with van der Waals surface area (Å²) in [5.41, 5.74) is 0.459. The molecule has 114 valence electrons. The fourth-order valence-corrected chi connectivity index (χ4v) is 2.99. The molecule has 0 unspecified atom stereocenters. The maximum Gasteiger partial charge on any atom is 0.235 e. The summed E-state index contributed by atoms with van der Waals surface area (Å²) in [5.74, 6) is 0.101. The number of hydrogen-bond donors (Lipinski definition) is 1. The van der Waals surface area contributed by atoms with Crippen molar-refractivity contribution in [1.82, 2.24) is 0 Å². The minimum Gasteiger partial charge on any atom is -0.496 e. The highest BCUT2D eigenvalue weighted by molar-refractivity contribution is 6.00. The predicted molar refractivity (Wildman–Crippen MR) is 83.6 cm³/mol. The zero-order chi connectivity index (χ0) is 15.6. The lowest BCUT2D eigenvalue weighted by Crippen LogP contribution is -2.46. The maximum absolute atomic E-state index is 13.8. The van der Waals surface area contributed by atoms with E-state index in [-0.39, 0.29) is 11.6 Å². The van der Waals surface area contributed by atoms with Gasteiger partial charge in [-0.05, 0) is 31.0 Å². The number of carbonyl (C=O) groups is 1. The lowest BCUT2D eigenvalue weighted by Gasteiger charge is -2.41. The highest BCUT2D eigenvalue weighted by atomic mass is 19.1. The molecule has 0 radical (unpaired) electrons. The van der Waals surface area contributed by atoms with Gasteiger partial charge >= 0.3 is 0 Å². The lowest BCUT2D eigenvalue weighted by molar-refractivity contribution is -0.124. The number of nitrogens with one attached hydrogen (secondary N) is 1. The van der Waals surface area contributed by atoms with Gasteiger partial charge in [0.05, 0.1) is 18.2 Å². The molecule has 2 aromatic carbocycles. The second-order valence-corrected chi connectivity index (χ2v) is 5.57. The van der Waals surface area contributed by atoms with Crippen LogP contribution in [0.15, 0.2) is 48.5 Å². The van der Waals surface area contributed by atoms with Crippen LogP contribution in [0.2, 0.25) is 0 Å². The summed E-state index contributed by atoms with van der Waals surface area (Å²) in [4.78, 5) is 12.8. The van der Waals surface area contributed by atoms with Crippen LogP contribution >= 0.6 is 0 Å². The fraction of sp³-hybridized carbons (Fsp3) is 0.278. The van der Waals surface area contributed by atoms with Crippen molar-refractivity contribution < 1.29 is 13.9 Å². The summed E-state index contributed by atoms with van der Waals surface area (Å²) in [6, 6.07) is 13.8. The van der Waals surface area contributed by atoms with Crippen LogP contribution < -0.4 is 10.1 Å². The molecule has 4 heteroatoms. The zero-order valence-corrected chi connectivity index (χ0v) is 12.4. The molecule has 1 fully saturated rings. The highest BCUT2D eigenvalue weighted by Crippen LogP contribution is 2.47. The number of halogens is 1. The molecule has 1 amide bonds. The number of amides is 1. The van der Waals surface area contributed by atoms with Gasteiger partial charge in [-0.1, -0.05) is 36.8 Å². The molecule has 0 atom stereocenters. The molecule has 0 saturated heterocycles. The summed E-state index contributed by atoms with van der Waals surface area (Å²) >= 11 is 0. The normalized spacial score (nSPS) is 15.7. The quantitative estimate of drug-likeness (QED) is 0.930. The number of carbonyl (C=O) groups excluding carboxylic acids is 1. The minimum absolute atomic E-state index is 0.173. The van der Waals surface area contributed by atoms with E-state index in [4.69, 9.17) is 4.74 Å². The Hall–Kier alpha value is -2.36. The van der Waals surface area contributed by atoms with Crippen molar-refractivity contribution >= 4 is 11.6 Å². The molecule has 1 aliphatic rings. The minimum atomic E-state index is -0.630. The largest absolute Gasteiger partial charge is 0.496 e. The van der Waals surface area contributed by atoms with Crippen LogP contribution in [0.25, 0.3) is 0 Å². The fourth-order valence-electron chi connectivity index (χ4n) is 2.99. The lowest BCUT2D eigenvalue weighted by atomic mass is 9.63. The Bertz CT molecular complexity index is 695. The van der Waals surface area contributed by atoms with Gasteiger partial charge in [-0.2, -0.15) is 0 Å². The first-order valence-corrected chi connectivity index (χ1v) is 7.37. The second kappa shape index (κ2) is 5.79. The SMILES string of the molecule is COc1ccccc1C1(C(=O)Nc2ccccc2F)CCC1. The van der Waals surface area contributed by atoms with Crippen LogP contribution in [-0.2, 0) is 10.2 Å². The Kier molecular flexibility index (Phi) is 3.84. The standard InChI is InChI=1S/C18H18FNO2/c1-22-16-10-5-2-7-13(16)18(11-6-12-18)17(21)20-15-9-4-3-8-14(15)19/h2-5,7-10H,6,11-12H2,1H3,(H,20,21). The number of para-hydroxylation sites is 2. The number of hydrogen-bond acceptors (Lipinski definition) is 2.